The van der Waals surface area contributed by atoms with Crippen molar-refractivity contribution in [1.29, 1.82) is 0 Å². The molecule has 2 N–H and O–H groups in total. The molecule has 1 saturated carbocycles. The zero-order valence-corrected chi connectivity index (χ0v) is 15.3. The van der Waals surface area contributed by atoms with Gasteiger partial charge in [0.1, 0.15) is 11.6 Å². The molecule has 1 heterocycles. The average Bonchev–Trinajstić information content (AvgIpc) is 3.08. The first-order chi connectivity index (χ1) is 13.1. The van der Waals surface area contributed by atoms with Crippen LogP contribution >= 0.6 is 0 Å². The van der Waals surface area contributed by atoms with E-state index in [-0.39, 0.29) is 30.0 Å². The number of esters is 1. The van der Waals surface area contributed by atoms with Crippen LogP contribution in [-0.4, -0.2) is 46.2 Å². The fourth-order valence-electron chi connectivity index (χ4n) is 3.18. The van der Waals surface area contributed by atoms with Gasteiger partial charge in [-0.15, -0.1) is 0 Å². The number of aliphatic hydroxyl groups excluding tert-OH is 1. The van der Waals surface area contributed by atoms with Crippen molar-refractivity contribution in [2.75, 3.05) is 13.7 Å². The molecule has 2 aromatic rings. The first-order valence-electron chi connectivity index (χ1n) is 9.08. The second-order valence-corrected chi connectivity index (χ2v) is 6.45. The second kappa shape index (κ2) is 8.62. The molecule has 0 amide bonds. The van der Waals surface area contributed by atoms with Crippen molar-refractivity contribution in [1.82, 2.24) is 9.97 Å². The number of carbonyl (C=O) groups excluding carboxylic acids is 2. The molecular formula is C20H23N3O4. The maximum absolute atomic E-state index is 12.3. The van der Waals surface area contributed by atoms with Crippen molar-refractivity contribution in [2.45, 2.75) is 38.5 Å². The molecule has 1 aromatic carbocycles. The van der Waals surface area contributed by atoms with E-state index in [0.29, 0.717) is 31.5 Å². The molecule has 1 aliphatic carbocycles. The molecule has 7 heteroatoms. The van der Waals surface area contributed by atoms with E-state index >= 15 is 0 Å². The van der Waals surface area contributed by atoms with Crippen LogP contribution in [0.1, 0.15) is 37.9 Å². The standard InChI is InChI=1S/C20H23N3O4/c1-27-19(26)10-9-17(25)20-15(7-4-8-16(20)24)21-12-11-18-22-13-5-2-3-6-14(13)23-18/h2-3,5-6,25H,4,7-12H2,1H3,(H,22,23)/b20-17+,21-15?. The van der Waals surface area contributed by atoms with E-state index in [4.69, 9.17) is 0 Å². The summed E-state index contributed by atoms with van der Waals surface area (Å²) in [5.41, 5.74) is 2.78. The van der Waals surface area contributed by atoms with Crippen molar-refractivity contribution in [3.8, 4) is 0 Å². The first-order valence-corrected chi connectivity index (χ1v) is 9.08. The first kappa shape index (κ1) is 18.8. The van der Waals surface area contributed by atoms with Crippen molar-refractivity contribution in [3.63, 3.8) is 0 Å². The summed E-state index contributed by atoms with van der Waals surface area (Å²) in [4.78, 5) is 35.9. The van der Waals surface area contributed by atoms with Gasteiger partial charge in [-0.3, -0.25) is 14.6 Å². The van der Waals surface area contributed by atoms with Crippen LogP contribution in [0.4, 0.5) is 0 Å². The van der Waals surface area contributed by atoms with Crippen LogP contribution in [0, 0.1) is 0 Å². The number of nitrogens with zero attached hydrogens (tertiary/aromatic N) is 2. The minimum absolute atomic E-state index is 0.0331. The Morgan fingerprint density at radius 1 is 1.30 bits per heavy atom. The van der Waals surface area contributed by atoms with Crippen molar-refractivity contribution in [3.05, 3.63) is 41.4 Å². The highest BCUT2D eigenvalue weighted by Gasteiger charge is 2.25. The van der Waals surface area contributed by atoms with Crippen LogP contribution in [0.2, 0.25) is 0 Å². The number of imidazole rings is 1. The van der Waals surface area contributed by atoms with E-state index in [1.165, 1.54) is 7.11 Å². The smallest absolute Gasteiger partial charge is 0.305 e. The van der Waals surface area contributed by atoms with E-state index < -0.39 is 5.97 Å². The van der Waals surface area contributed by atoms with Gasteiger partial charge in [-0.2, -0.15) is 0 Å². The number of H-pyrrole nitrogens is 1. The van der Waals surface area contributed by atoms with Gasteiger partial charge in [-0.25, -0.2) is 4.98 Å². The number of aliphatic hydroxyl groups is 1. The van der Waals surface area contributed by atoms with Crippen LogP contribution in [0.3, 0.4) is 0 Å². The van der Waals surface area contributed by atoms with E-state index in [1.807, 2.05) is 24.3 Å². The van der Waals surface area contributed by atoms with Crippen molar-refractivity contribution < 1.29 is 19.4 Å². The molecule has 0 aliphatic heterocycles. The Labute approximate surface area is 157 Å². The van der Waals surface area contributed by atoms with Gasteiger partial charge in [0.15, 0.2) is 5.78 Å². The highest BCUT2D eigenvalue weighted by Crippen LogP contribution is 2.23. The monoisotopic (exact) mass is 369 g/mol. The van der Waals surface area contributed by atoms with Gasteiger partial charge in [0.25, 0.3) is 0 Å². The Morgan fingerprint density at radius 3 is 2.89 bits per heavy atom. The van der Waals surface area contributed by atoms with E-state index in [1.54, 1.807) is 0 Å². The van der Waals surface area contributed by atoms with Gasteiger partial charge < -0.3 is 14.8 Å². The highest BCUT2D eigenvalue weighted by atomic mass is 16.5. The summed E-state index contributed by atoms with van der Waals surface area (Å²) >= 11 is 0. The molecule has 7 nitrogen and oxygen atoms in total. The number of carbonyl (C=O) groups is 2. The lowest BCUT2D eigenvalue weighted by Crippen LogP contribution is -2.22. The SMILES string of the molecule is COC(=O)CC/C(O)=C1\C(=O)CCCC1=NCCc1nc2ccccc2[nH]1. The number of allylic oxidation sites excluding steroid dienone is 2. The third kappa shape index (κ3) is 4.61. The third-order valence-electron chi connectivity index (χ3n) is 4.56. The highest BCUT2D eigenvalue weighted by molar-refractivity contribution is 6.24. The molecule has 0 saturated heterocycles. The maximum Gasteiger partial charge on any atom is 0.305 e. The predicted molar refractivity (Wildman–Crippen MR) is 102 cm³/mol. The number of benzene rings is 1. The fourth-order valence-corrected chi connectivity index (χ4v) is 3.18. The number of aliphatic imine (C=N–C) groups is 1. The molecule has 0 bridgehead atoms. The molecule has 0 atom stereocenters. The quantitative estimate of drug-likeness (QED) is 0.462. The molecule has 0 unspecified atom stereocenters. The number of para-hydroxylation sites is 2. The van der Waals surface area contributed by atoms with Crippen LogP contribution in [0.15, 0.2) is 40.6 Å². The number of aromatic amines is 1. The number of hydrogen-bond acceptors (Lipinski definition) is 6. The number of Topliss-reactive ketones (excluding diaryl/α,β-unsaturated/α-hetero) is 1. The van der Waals surface area contributed by atoms with Gasteiger partial charge in [0.2, 0.25) is 0 Å². The lowest BCUT2D eigenvalue weighted by Gasteiger charge is -2.17. The summed E-state index contributed by atoms with van der Waals surface area (Å²) in [7, 11) is 1.29. The van der Waals surface area contributed by atoms with Crippen molar-refractivity contribution >= 4 is 28.5 Å². The summed E-state index contributed by atoms with van der Waals surface area (Å²) < 4.78 is 4.58. The van der Waals surface area contributed by atoms with Crippen LogP contribution in [-0.2, 0) is 20.7 Å². The predicted octanol–water partition coefficient (Wildman–Crippen LogP) is 3.06. The summed E-state index contributed by atoms with van der Waals surface area (Å²) in [5.74, 6) is 0.218. The molecule has 0 spiro atoms. The Hall–Kier alpha value is -2.96. The summed E-state index contributed by atoms with van der Waals surface area (Å²) in [6.45, 7) is 0.468. The average molecular weight is 369 g/mol. The van der Waals surface area contributed by atoms with Gasteiger partial charge in [0, 0.05) is 31.5 Å². The molecule has 1 fully saturated rings. The van der Waals surface area contributed by atoms with Crippen LogP contribution in [0.25, 0.3) is 11.0 Å². The largest absolute Gasteiger partial charge is 0.511 e. The molecule has 142 valence electrons. The minimum atomic E-state index is -0.422. The summed E-state index contributed by atoms with van der Waals surface area (Å²) in [6.07, 6.45) is 2.48. The Balaban J connectivity index is 1.71. The number of methoxy groups -OCH3 is 1. The van der Waals surface area contributed by atoms with Gasteiger partial charge in [0.05, 0.1) is 30.1 Å². The van der Waals surface area contributed by atoms with E-state index in [2.05, 4.69) is 19.7 Å². The number of ether oxygens (including phenoxy) is 1. The van der Waals surface area contributed by atoms with Gasteiger partial charge >= 0.3 is 5.97 Å². The van der Waals surface area contributed by atoms with Crippen LogP contribution < -0.4 is 0 Å². The normalized spacial score (nSPS) is 18.1. The number of aromatic nitrogens is 2. The Kier molecular flexibility index (Phi) is 6.01. The number of ketones is 1. The molecule has 3 rings (SSSR count). The molecule has 0 radical (unpaired) electrons. The zero-order chi connectivity index (χ0) is 19.2. The number of rotatable bonds is 6. The Bertz CT molecular complexity index is 878. The van der Waals surface area contributed by atoms with E-state index in [0.717, 1.165) is 23.3 Å². The minimum Gasteiger partial charge on any atom is -0.511 e. The van der Waals surface area contributed by atoms with Gasteiger partial charge in [-0.1, -0.05) is 12.1 Å². The summed E-state index contributed by atoms with van der Waals surface area (Å²) in [5, 5.41) is 10.3. The summed E-state index contributed by atoms with van der Waals surface area (Å²) in [6, 6.07) is 7.81. The van der Waals surface area contributed by atoms with Crippen LogP contribution in [0.5, 0.6) is 0 Å². The van der Waals surface area contributed by atoms with Crippen molar-refractivity contribution in [2.24, 2.45) is 4.99 Å². The van der Waals surface area contributed by atoms with Gasteiger partial charge in [-0.05, 0) is 25.0 Å². The second-order valence-electron chi connectivity index (χ2n) is 6.45. The molecule has 27 heavy (non-hydrogen) atoms. The zero-order valence-electron chi connectivity index (χ0n) is 15.3. The number of hydrogen-bond donors (Lipinski definition) is 2. The van der Waals surface area contributed by atoms with E-state index in [9.17, 15) is 14.7 Å². The molecule has 1 aromatic heterocycles. The molecule has 1 aliphatic rings. The fraction of sp³-hybridized carbons (Fsp3) is 0.400. The Morgan fingerprint density at radius 2 is 2.11 bits per heavy atom. The lowest BCUT2D eigenvalue weighted by atomic mass is 9.89. The molecular weight excluding hydrogens is 346 g/mol. The third-order valence-corrected chi connectivity index (χ3v) is 4.56. The number of nitrogens with one attached hydrogen (secondary N) is 1. The lowest BCUT2D eigenvalue weighted by molar-refractivity contribution is -0.140. The maximum atomic E-state index is 12.3. The topological polar surface area (TPSA) is 105 Å². The number of fused-ring (bicyclic) bond motifs is 1.